The van der Waals surface area contributed by atoms with Gasteiger partial charge < -0.3 is 5.32 Å². The van der Waals surface area contributed by atoms with Crippen LogP contribution in [0.15, 0.2) is 12.1 Å². The zero-order valence-corrected chi connectivity index (χ0v) is 11.7. The van der Waals surface area contributed by atoms with E-state index in [0.29, 0.717) is 6.54 Å². The average molecular weight is 309 g/mol. The van der Waals surface area contributed by atoms with Crippen molar-refractivity contribution in [2.24, 2.45) is 0 Å². The molecule has 8 heteroatoms. The van der Waals surface area contributed by atoms with Crippen LogP contribution in [0.5, 0.6) is 0 Å². The van der Waals surface area contributed by atoms with Crippen molar-refractivity contribution in [2.75, 3.05) is 18.6 Å². The molecule has 18 heavy (non-hydrogen) atoms. The Hall–Kier alpha value is -0.980. The third-order valence-corrected chi connectivity index (χ3v) is 3.46. The van der Waals surface area contributed by atoms with Crippen LogP contribution in [0.25, 0.3) is 0 Å². The number of thioether (sulfide) groups is 1. The van der Waals surface area contributed by atoms with Gasteiger partial charge in [0.15, 0.2) is 0 Å². The summed E-state index contributed by atoms with van der Waals surface area (Å²) >= 11 is 13.0. The Bertz CT molecular complexity index is 482. The second-order valence-corrected chi connectivity index (χ2v) is 5.07. The van der Waals surface area contributed by atoms with Gasteiger partial charge in [-0.2, -0.15) is 11.8 Å². The molecule has 0 atom stereocenters. The summed E-state index contributed by atoms with van der Waals surface area (Å²) in [6.45, 7) is 0.480. The molecule has 0 aliphatic rings. The van der Waals surface area contributed by atoms with E-state index in [-0.39, 0.29) is 21.3 Å². The van der Waals surface area contributed by atoms with Gasteiger partial charge in [-0.15, -0.1) is 0 Å². The van der Waals surface area contributed by atoms with E-state index in [0.717, 1.165) is 11.8 Å². The van der Waals surface area contributed by atoms with Gasteiger partial charge in [0.1, 0.15) is 5.02 Å². The van der Waals surface area contributed by atoms with Crippen LogP contribution in [-0.4, -0.2) is 29.4 Å². The smallest absolute Gasteiger partial charge is 0.290 e. The van der Waals surface area contributed by atoms with Crippen LogP contribution in [0.1, 0.15) is 10.4 Å². The van der Waals surface area contributed by atoms with Crippen LogP contribution < -0.4 is 5.32 Å². The monoisotopic (exact) mass is 308 g/mol. The zero-order valence-electron chi connectivity index (χ0n) is 9.41. The van der Waals surface area contributed by atoms with Gasteiger partial charge in [-0.3, -0.25) is 14.9 Å². The predicted molar refractivity (Wildman–Crippen MR) is 73.8 cm³/mol. The Morgan fingerprint density at radius 1 is 1.50 bits per heavy atom. The van der Waals surface area contributed by atoms with Crippen LogP contribution in [0.4, 0.5) is 5.69 Å². The Morgan fingerprint density at radius 2 is 2.17 bits per heavy atom. The van der Waals surface area contributed by atoms with Gasteiger partial charge in [0.25, 0.3) is 11.6 Å². The summed E-state index contributed by atoms with van der Waals surface area (Å²) in [5, 5.41) is 13.2. The lowest BCUT2D eigenvalue weighted by Gasteiger charge is -2.05. The molecule has 0 aliphatic carbocycles. The normalized spacial score (nSPS) is 10.2. The van der Waals surface area contributed by atoms with E-state index >= 15 is 0 Å². The lowest BCUT2D eigenvalue weighted by Crippen LogP contribution is -2.25. The predicted octanol–water partition coefficient (Wildman–Crippen LogP) is 2.99. The molecule has 0 saturated heterocycles. The largest absolute Gasteiger partial charge is 0.351 e. The van der Waals surface area contributed by atoms with Crippen molar-refractivity contribution in [3.05, 3.63) is 37.9 Å². The molecule has 0 unspecified atom stereocenters. The third-order valence-electron chi connectivity index (χ3n) is 2.06. The molecule has 1 rings (SSSR count). The molecule has 1 amide bonds. The maximum atomic E-state index is 11.7. The van der Waals surface area contributed by atoms with E-state index < -0.39 is 10.8 Å². The van der Waals surface area contributed by atoms with Crippen LogP contribution in [0, 0.1) is 10.1 Å². The molecular weight excluding hydrogens is 299 g/mol. The molecule has 98 valence electrons. The molecule has 0 radical (unpaired) electrons. The minimum atomic E-state index is -0.674. The van der Waals surface area contributed by atoms with Gasteiger partial charge in [-0.1, -0.05) is 23.2 Å². The maximum Gasteiger partial charge on any atom is 0.290 e. The number of nitrogens with one attached hydrogen (secondary N) is 1. The van der Waals surface area contributed by atoms with Crippen molar-refractivity contribution >= 4 is 46.6 Å². The summed E-state index contributed by atoms with van der Waals surface area (Å²) in [7, 11) is 0. The van der Waals surface area contributed by atoms with Crippen molar-refractivity contribution in [3.8, 4) is 0 Å². The van der Waals surface area contributed by atoms with Crippen molar-refractivity contribution in [2.45, 2.75) is 0 Å². The number of hydrogen-bond donors (Lipinski definition) is 1. The second kappa shape index (κ2) is 6.82. The summed E-state index contributed by atoms with van der Waals surface area (Å²) in [5.74, 6) is 0.348. The Balaban J connectivity index is 2.96. The first-order valence-electron chi connectivity index (χ1n) is 4.88. The van der Waals surface area contributed by atoms with Crippen LogP contribution in [-0.2, 0) is 0 Å². The molecular formula is C10H10Cl2N2O3S. The number of nitrogens with zero attached hydrogens (tertiary/aromatic N) is 1. The fraction of sp³-hybridized carbons (Fsp3) is 0.300. The Morgan fingerprint density at radius 3 is 2.72 bits per heavy atom. The number of amides is 1. The molecule has 0 saturated carbocycles. The molecule has 5 nitrogen and oxygen atoms in total. The summed E-state index contributed by atoms with van der Waals surface area (Å²) in [6.07, 6.45) is 1.91. The van der Waals surface area contributed by atoms with Gasteiger partial charge in [-0.05, 0) is 12.3 Å². The SMILES string of the molecule is CSCCNC(=O)c1cc(Cl)c(Cl)c([N+](=O)[O-])c1. The van der Waals surface area contributed by atoms with Gasteiger partial charge in [0.05, 0.1) is 9.95 Å². The van der Waals surface area contributed by atoms with Gasteiger partial charge in [-0.25, -0.2) is 0 Å². The first-order valence-corrected chi connectivity index (χ1v) is 7.03. The van der Waals surface area contributed by atoms with Gasteiger partial charge in [0.2, 0.25) is 0 Å². The summed E-state index contributed by atoms with van der Waals surface area (Å²) in [5.41, 5.74) is -0.253. The summed E-state index contributed by atoms with van der Waals surface area (Å²) in [6, 6.07) is 2.42. The molecule has 0 aromatic heterocycles. The quantitative estimate of drug-likeness (QED) is 0.515. The second-order valence-electron chi connectivity index (χ2n) is 3.30. The molecule has 0 spiro atoms. The highest BCUT2D eigenvalue weighted by Gasteiger charge is 2.19. The van der Waals surface area contributed by atoms with Crippen molar-refractivity contribution in [3.63, 3.8) is 0 Å². The molecule has 0 aliphatic heterocycles. The van der Waals surface area contributed by atoms with Gasteiger partial charge >= 0.3 is 0 Å². The number of nitro benzene ring substituents is 1. The number of carbonyl (C=O) groups is 1. The molecule has 0 heterocycles. The number of hydrogen-bond acceptors (Lipinski definition) is 4. The standard InChI is InChI=1S/C10H10Cl2N2O3S/c1-18-3-2-13-10(15)6-4-7(11)9(12)8(5-6)14(16)17/h4-5H,2-3H2,1H3,(H,13,15). The van der Waals surface area contributed by atoms with E-state index in [1.165, 1.54) is 6.07 Å². The number of benzene rings is 1. The number of halogens is 2. The topological polar surface area (TPSA) is 72.2 Å². The fourth-order valence-corrected chi connectivity index (χ4v) is 1.91. The van der Waals surface area contributed by atoms with Crippen LogP contribution in [0.2, 0.25) is 10.0 Å². The first-order chi connectivity index (χ1) is 8.47. The third kappa shape index (κ3) is 3.76. The van der Waals surface area contributed by atoms with E-state index in [2.05, 4.69) is 5.32 Å². The van der Waals surface area contributed by atoms with Crippen molar-refractivity contribution in [1.82, 2.24) is 5.32 Å². The Labute approximate surface area is 118 Å². The van der Waals surface area contributed by atoms with E-state index in [9.17, 15) is 14.9 Å². The highest BCUT2D eigenvalue weighted by atomic mass is 35.5. The molecule has 1 N–H and O–H groups in total. The summed E-state index contributed by atoms with van der Waals surface area (Å²) < 4.78 is 0. The molecule has 0 bridgehead atoms. The minimum absolute atomic E-state index is 0.0131. The number of rotatable bonds is 5. The minimum Gasteiger partial charge on any atom is -0.351 e. The van der Waals surface area contributed by atoms with E-state index in [1.54, 1.807) is 11.8 Å². The average Bonchev–Trinajstić information content (AvgIpc) is 2.32. The molecule has 1 aromatic rings. The maximum absolute atomic E-state index is 11.7. The number of nitro groups is 1. The lowest BCUT2D eigenvalue weighted by atomic mass is 10.2. The van der Waals surface area contributed by atoms with Crippen molar-refractivity contribution < 1.29 is 9.72 Å². The van der Waals surface area contributed by atoms with Crippen LogP contribution >= 0.6 is 35.0 Å². The summed E-state index contributed by atoms with van der Waals surface area (Å²) in [4.78, 5) is 21.8. The highest BCUT2D eigenvalue weighted by molar-refractivity contribution is 7.98. The molecule has 1 aromatic carbocycles. The van der Waals surface area contributed by atoms with Crippen LogP contribution in [0.3, 0.4) is 0 Å². The zero-order chi connectivity index (χ0) is 13.7. The Kier molecular flexibility index (Phi) is 5.71. The van der Waals surface area contributed by atoms with Gasteiger partial charge in [0, 0.05) is 23.9 Å². The fourth-order valence-electron chi connectivity index (χ4n) is 1.21. The first kappa shape index (κ1) is 15.1. The van der Waals surface area contributed by atoms with Crippen molar-refractivity contribution in [1.29, 1.82) is 0 Å². The van der Waals surface area contributed by atoms with E-state index in [4.69, 9.17) is 23.2 Å². The van der Waals surface area contributed by atoms with E-state index in [1.807, 2.05) is 6.26 Å². The lowest BCUT2D eigenvalue weighted by molar-refractivity contribution is -0.384. The molecule has 0 fully saturated rings. The highest BCUT2D eigenvalue weighted by Crippen LogP contribution is 2.32. The number of carbonyl (C=O) groups excluding carboxylic acids is 1.